The summed E-state index contributed by atoms with van der Waals surface area (Å²) in [7, 11) is 0. The van der Waals surface area contributed by atoms with E-state index in [1.807, 2.05) is 0 Å². The van der Waals surface area contributed by atoms with Crippen LogP contribution in [0, 0.1) is 5.92 Å². The van der Waals surface area contributed by atoms with Crippen molar-refractivity contribution in [3.05, 3.63) is 12.2 Å². The average Bonchev–Trinajstić information content (AvgIpc) is 2.30. The lowest BCUT2D eigenvalue weighted by molar-refractivity contribution is 0.443. The van der Waals surface area contributed by atoms with Gasteiger partial charge in [-0.05, 0) is 25.2 Å². The van der Waals surface area contributed by atoms with Crippen molar-refractivity contribution in [1.29, 1.82) is 0 Å². The number of hydrogen-bond acceptors (Lipinski definition) is 0. The Morgan fingerprint density at radius 2 is 1.50 bits per heavy atom. The molecule has 0 aromatic carbocycles. The Labute approximate surface area is 104 Å². The Kier molecular flexibility index (Phi) is 12.6. The summed E-state index contributed by atoms with van der Waals surface area (Å²) in [4.78, 5) is 0. The monoisotopic (exact) mass is 224 g/mol. The molecule has 0 N–H and O–H groups in total. The summed E-state index contributed by atoms with van der Waals surface area (Å²) in [5, 5.41) is 0. The van der Waals surface area contributed by atoms with Crippen molar-refractivity contribution in [2.75, 3.05) is 0 Å². The highest BCUT2D eigenvalue weighted by Gasteiger charge is 2.00. The maximum Gasteiger partial charge on any atom is -0.0351 e. The Morgan fingerprint density at radius 1 is 0.812 bits per heavy atom. The topological polar surface area (TPSA) is 0 Å². The smallest absolute Gasteiger partial charge is 0.0351 e. The Balaban J connectivity index is 3.11. The largest absolute Gasteiger partial charge is 0.0888 e. The van der Waals surface area contributed by atoms with E-state index in [0.29, 0.717) is 0 Å². The van der Waals surface area contributed by atoms with Crippen LogP contribution < -0.4 is 0 Å². The van der Waals surface area contributed by atoms with Gasteiger partial charge in [0.1, 0.15) is 0 Å². The van der Waals surface area contributed by atoms with Crippen LogP contribution >= 0.6 is 0 Å². The van der Waals surface area contributed by atoms with Gasteiger partial charge in [-0.2, -0.15) is 0 Å². The van der Waals surface area contributed by atoms with Gasteiger partial charge >= 0.3 is 0 Å². The fourth-order valence-corrected chi connectivity index (χ4v) is 2.09. The second-order valence-electron chi connectivity index (χ2n) is 5.12. The highest BCUT2D eigenvalue weighted by molar-refractivity contribution is 4.79. The Hall–Kier alpha value is -0.260. The second-order valence-corrected chi connectivity index (χ2v) is 5.12. The molecule has 0 heterocycles. The van der Waals surface area contributed by atoms with Crippen LogP contribution in [0.25, 0.3) is 0 Å². The molecule has 0 aromatic heterocycles. The van der Waals surface area contributed by atoms with Gasteiger partial charge in [0.25, 0.3) is 0 Å². The van der Waals surface area contributed by atoms with Crippen molar-refractivity contribution in [1.82, 2.24) is 0 Å². The van der Waals surface area contributed by atoms with Crippen molar-refractivity contribution < 1.29 is 0 Å². The zero-order valence-electron chi connectivity index (χ0n) is 11.8. The number of allylic oxidation sites excluding steroid dienone is 2. The third kappa shape index (κ3) is 11.8. The van der Waals surface area contributed by atoms with E-state index < -0.39 is 0 Å². The second kappa shape index (κ2) is 12.8. The molecule has 0 aliphatic rings. The van der Waals surface area contributed by atoms with Gasteiger partial charge in [0.05, 0.1) is 0 Å². The van der Waals surface area contributed by atoms with Crippen LogP contribution in [0.5, 0.6) is 0 Å². The normalized spacial score (nSPS) is 13.4. The van der Waals surface area contributed by atoms with Gasteiger partial charge < -0.3 is 0 Å². The lowest BCUT2D eigenvalue weighted by Gasteiger charge is -2.09. The minimum atomic E-state index is 0.958. The van der Waals surface area contributed by atoms with Crippen LogP contribution in [0.4, 0.5) is 0 Å². The van der Waals surface area contributed by atoms with Gasteiger partial charge in [-0.15, -0.1) is 0 Å². The molecular weight excluding hydrogens is 192 g/mol. The van der Waals surface area contributed by atoms with Crippen LogP contribution in [0.15, 0.2) is 12.2 Å². The van der Waals surface area contributed by atoms with Crippen molar-refractivity contribution >= 4 is 0 Å². The van der Waals surface area contributed by atoms with E-state index in [4.69, 9.17) is 0 Å². The molecule has 0 amide bonds. The summed E-state index contributed by atoms with van der Waals surface area (Å²) < 4.78 is 0. The van der Waals surface area contributed by atoms with E-state index in [2.05, 4.69) is 32.9 Å². The first-order valence-corrected chi connectivity index (χ1v) is 7.46. The maximum atomic E-state index is 2.42. The van der Waals surface area contributed by atoms with Crippen LogP contribution in [0.2, 0.25) is 0 Å². The molecule has 0 aliphatic carbocycles. The van der Waals surface area contributed by atoms with Crippen LogP contribution in [-0.4, -0.2) is 0 Å². The highest BCUT2D eigenvalue weighted by atomic mass is 14.1. The standard InChI is InChI=1S/C16H32/c1-4-6-8-9-10-11-12-13-15-16(3)14-7-5-2/h6,8,16H,4-5,7,9-15H2,1-3H3. The zero-order valence-corrected chi connectivity index (χ0v) is 11.8. The number of hydrogen-bond donors (Lipinski definition) is 0. The summed E-state index contributed by atoms with van der Waals surface area (Å²) in [6.45, 7) is 6.91. The summed E-state index contributed by atoms with van der Waals surface area (Å²) in [6, 6.07) is 0. The fraction of sp³-hybridized carbons (Fsp3) is 0.875. The summed E-state index contributed by atoms with van der Waals surface area (Å²) in [6.07, 6.45) is 18.5. The molecule has 0 nitrogen and oxygen atoms in total. The van der Waals surface area contributed by atoms with Crippen molar-refractivity contribution in [3.63, 3.8) is 0 Å². The molecule has 96 valence electrons. The first-order chi connectivity index (χ1) is 7.81. The minimum Gasteiger partial charge on any atom is -0.0888 e. The van der Waals surface area contributed by atoms with Crippen molar-refractivity contribution in [2.45, 2.75) is 85.0 Å². The predicted octanol–water partition coefficient (Wildman–Crippen LogP) is 6.12. The molecule has 16 heavy (non-hydrogen) atoms. The predicted molar refractivity (Wildman–Crippen MR) is 75.8 cm³/mol. The zero-order chi connectivity index (χ0) is 12.1. The average molecular weight is 224 g/mol. The van der Waals surface area contributed by atoms with Gasteiger partial charge in [0, 0.05) is 0 Å². The number of rotatable bonds is 11. The minimum absolute atomic E-state index is 0.958. The molecular formula is C16H32. The summed E-state index contributed by atoms with van der Waals surface area (Å²) in [5.41, 5.74) is 0. The SMILES string of the molecule is CCC=CCCCCCCC(C)CCCC. The van der Waals surface area contributed by atoms with Crippen molar-refractivity contribution in [2.24, 2.45) is 5.92 Å². The molecule has 0 rings (SSSR count). The maximum absolute atomic E-state index is 2.42. The van der Waals surface area contributed by atoms with Gasteiger partial charge in [-0.3, -0.25) is 0 Å². The first kappa shape index (κ1) is 15.7. The van der Waals surface area contributed by atoms with Crippen molar-refractivity contribution in [3.8, 4) is 0 Å². The van der Waals surface area contributed by atoms with E-state index in [-0.39, 0.29) is 0 Å². The van der Waals surface area contributed by atoms with E-state index in [1.165, 1.54) is 64.2 Å². The van der Waals surface area contributed by atoms with Gasteiger partial charge in [-0.1, -0.05) is 77.9 Å². The molecule has 0 saturated heterocycles. The molecule has 1 atom stereocenters. The van der Waals surface area contributed by atoms with Crippen LogP contribution in [0.3, 0.4) is 0 Å². The molecule has 0 radical (unpaired) electrons. The summed E-state index contributed by atoms with van der Waals surface area (Å²) >= 11 is 0. The molecule has 1 unspecified atom stereocenters. The fourth-order valence-electron chi connectivity index (χ4n) is 2.09. The van der Waals surface area contributed by atoms with E-state index in [0.717, 1.165) is 5.92 Å². The molecule has 0 heteroatoms. The van der Waals surface area contributed by atoms with E-state index >= 15 is 0 Å². The van der Waals surface area contributed by atoms with Crippen LogP contribution in [-0.2, 0) is 0 Å². The highest BCUT2D eigenvalue weighted by Crippen LogP contribution is 2.16. The van der Waals surface area contributed by atoms with Gasteiger partial charge in [0.15, 0.2) is 0 Å². The third-order valence-corrected chi connectivity index (χ3v) is 3.27. The molecule has 0 fully saturated rings. The quantitative estimate of drug-likeness (QED) is 0.293. The molecule has 0 aromatic rings. The van der Waals surface area contributed by atoms with Gasteiger partial charge in [-0.25, -0.2) is 0 Å². The Morgan fingerprint density at radius 3 is 2.19 bits per heavy atom. The van der Waals surface area contributed by atoms with E-state index in [1.54, 1.807) is 0 Å². The van der Waals surface area contributed by atoms with Gasteiger partial charge in [0.2, 0.25) is 0 Å². The molecule has 0 saturated carbocycles. The summed E-state index contributed by atoms with van der Waals surface area (Å²) in [5.74, 6) is 0.958. The van der Waals surface area contributed by atoms with Crippen LogP contribution in [0.1, 0.15) is 85.0 Å². The molecule has 0 spiro atoms. The number of unbranched alkanes of at least 4 members (excludes halogenated alkanes) is 5. The lowest BCUT2D eigenvalue weighted by Crippen LogP contribution is -1.94. The lowest BCUT2D eigenvalue weighted by atomic mass is 9.97. The Bertz CT molecular complexity index is 146. The molecule has 0 aliphatic heterocycles. The third-order valence-electron chi connectivity index (χ3n) is 3.27. The molecule has 0 bridgehead atoms. The van der Waals surface area contributed by atoms with E-state index in [9.17, 15) is 0 Å². The first-order valence-electron chi connectivity index (χ1n) is 7.46.